The fourth-order valence-electron chi connectivity index (χ4n) is 11.9. The molecule has 5 fully saturated rings. The van der Waals surface area contributed by atoms with Gasteiger partial charge in [-0.15, -0.1) is 0 Å². The highest BCUT2D eigenvalue weighted by atomic mass is 16.7. The molecular weight excluding hydrogens is 548 g/mol. The van der Waals surface area contributed by atoms with Crippen molar-refractivity contribution in [3.05, 3.63) is 11.6 Å². The first-order valence-corrected chi connectivity index (χ1v) is 16.9. The Morgan fingerprint density at radius 3 is 2.30 bits per heavy atom. The van der Waals surface area contributed by atoms with E-state index in [1.165, 1.54) is 5.57 Å². The van der Waals surface area contributed by atoms with Gasteiger partial charge in [-0.25, -0.2) is 0 Å². The third kappa shape index (κ3) is 4.32. The van der Waals surface area contributed by atoms with Crippen molar-refractivity contribution in [3.8, 4) is 0 Å². The summed E-state index contributed by atoms with van der Waals surface area (Å²) in [6.45, 7) is 13.9. The van der Waals surface area contributed by atoms with E-state index < -0.39 is 41.4 Å². The number of aliphatic hydroxyl groups excluding tert-OH is 4. The number of ether oxygens (including phenoxy) is 2. The molecule has 6 rings (SSSR count). The Morgan fingerprint density at radius 1 is 0.930 bits per heavy atom. The van der Waals surface area contributed by atoms with E-state index in [1.54, 1.807) is 0 Å². The average Bonchev–Trinajstić information content (AvgIpc) is 2.94. The Morgan fingerprint density at radius 2 is 1.63 bits per heavy atom. The summed E-state index contributed by atoms with van der Waals surface area (Å²) >= 11 is 0. The predicted octanol–water partition coefficient (Wildman–Crippen LogP) is 4.67. The van der Waals surface area contributed by atoms with Crippen LogP contribution < -0.4 is 0 Å². The number of carboxylic acid groups (broad SMARTS) is 1. The molecule has 0 aromatic rings. The second-order valence-corrected chi connectivity index (χ2v) is 17.3. The predicted molar refractivity (Wildman–Crippen MR) is 161 cm³/mol. The van der Waals surface area contributed by atoms with Gasteiger partial charge in [0.2, 0.25) is 0 Å². The fraction of sp³-hybridized carbons (Fsp3) is 0.914. The minimum atomic E-state index is -1.36. The van der Waals surface area contributed by atoms with Crippen LogP contribution in [0.2, 0.25) is 0 Å². The van der Waals surface area contributed by atoms with Gasteiger partial charge < -0.3 is 35.0 Å². The van der Waals surface area contributed by atoms with Crippen molar-refractivity contribution >= 4 is 5.97 Å². The number of aliphatic hydroxyl groups is 4. The molecule has 13 atom stereocenters. The second-order valence-electron chi connectivity index (χ2n) is 17.3. The van der Waals surface area contributed by atoms with Crippen LogP contribution in [0.5, 0.6) is 0 Å². The Hall–Kier alpha value is -1.03. The molecule has 0 aromatic carbocycles. The molecule has 1 aliphatic heterocycles. The number of carboxylic acids is 1. The van der Waals surface area contributed by atoms with Crippen LogP contribution in [0.25, 0.3) is 0 Å². The van der Waals surface area contributed by atoms with Crippen molar-refractivity contribution in [2.24, 2.45) is 50.2 Å². The first-order chi connectivity index (χ1) is 20.0. The first-order valence-electron chi connectivity index (χ1n) is 16.9. The second kappa shape index (κ2) is 10.2. The van der Waals surface area contributed by atoms with Crippen molar-refractivity contribution in [2.45, 2.75) is 136 Å². The number of fused-ring (bicyclic) bond motifs is 7. The third-order valence-electron chi connectivity index (χ3n) is 14.9. The molecule has 4 saturated carbocycles. The van der Waals surface area contributed by atoms with Crippen LogP contribution in [0.4, 0.5) is 0 Å². The average molecular weight is 605 g/mol. The molecule has 0 unspecified atom stereocenters. The number of aliphatic carboxylic acids is 1. The lowest BCUT2D eigenvalue weighted by molar-refractivity contribution is -0.312. The monoisotopic (exact) mass is 604 g/mol. The molecule has 1 saturated heterocycles. The van der Waals surface area contributed by atoms with Crippen molar-refractivity contribution < 1.29 is 39.8 Å². The van der Waals surface area contributed by atoms with Crippen molar-refractivity contribution in [1.29, 1.82) is 0 Å². The highest BCUT2D eigenvalue weighted by Crippen LogP contribution is 2.76. The topological polar surface area (TPSA) is 137 Å². The Balaban J connectivity index is 1.32. The maximum atomic E-state index is 12.9. The number of hydrogen-bond donors (Lipinski definition) is 5. The van der Waals surface area contributed by atoms with Crippen molar-refractivity contribution in [1.82, 2.24) is 0 Å². The quantitative estimate of drug-likeness (QED) is 0.231. The fourth-order valence-corrected chi connectivity index (χ4v) is 11.9. The zero-order valence-corrected chi connectivity index (χ0v) is 27.1. The molecule has 0 bridgehead atoms. The molecule has 0 amide bonds. The summed E-state index contributed by atoms with van der Waals surface area (Å²) in [5.41, 5.74) is 0.232. The van der Waals surface area contributed by atoms with Crippen LogP contribution in [0.3, 0.4) is 0 Å². The maximum absolute atomic E-state index is 12.9. The summed E-state index contributed by atoms with van der Waals surface area (Å²) in [7, 11) is 0. The SMILES string of the molecule is CC1(C)CC[C@]2(C(=O)O)CC[C@]3(C)C(=CC[C@@H]4[C@@]5(C)CC[C@H](O[C@@H]6OC[C@H](O)[C@H](O)[C@H]6O)[C@](C)(CO)[C@@H]5CC[C@]43C)[C@H]2C1. The normalized spacial score (nSPS) is 54.3. The van der Waals surface area contributed by atoms with Gasteiger partial charge in [0.25, 0.3) is 0 Å². The molecule has 5 aliphatic carbocycles. The van der Waals surface area contributed by atoms with Gasteiger partial charge in [0, 0.05) is 5.41 Å². The van der Waals surface area contributed by atoms with E-state index in [4.69, 9.17) is 9.47 Å². The van der Waals surface area contributed by atoms with E-state index in [1.807, 2.05) is 0 Å². The maximum Gasteiger partial charge on any atom is 0.310 e. The molecule has 0 radical (unpaired) electrons. The van der Waals surface area contributed by atoms with Crippen molar-refractivity contribution in [2.75, 3.05) is 13.2 Å². The number of carbonyl (C=O) groups is 1. The third-order valence-corrected chi connectivity index (χ3v) is 14.9. The first kappa shape index (κ1) is 31.9. The van der Waals surface area contributed by atoms with Gasteiger partial charge in [0.15, 0.2) is 6.29 Å². The van der Waals surface area contributed by atoms with Gasteiger partial charge in [-0.05, 0) is 104 Å². The molecule has 5 N–H and O–H groups in total. The Kier molecular flexibility index (Phi) is 7.60. The molecule has 1 heterocycles. The molecule has 0 aromatic heterocycles. The number of hydrogen-bond acceptors (Lipinski definition) is 7. The van der Waals surface area contributed by atoms with E-state index in [2.05, 4.69) is 47.6 Å². The van der Waals surface area contributed by atoms with Gasteiger partial charge in [0.05, 0.1) is 24.7 Å². The van der Waals surface area contributed by atoms with E-state index in [0.717, 1.165) is 57.8 Å². The van der Waals surface area contributed by atoms with Crippen LogP contribution in [0.15, 0.2) is 11.6 Å². The van der Waals surface area contributed by atoms with E-state index in [-0.39, 0.29) is 52.8 Å². The van der Waals surface area contributed by atoms with Gasteiger partial charge in [-0.2, -0.15) is 0 Å². The standard InChI is InChI=1S/C35H56O8/c1-30(2)13-15-35(29(40)41)16-14-33(5)20(21(35)17-30)7-8-24-31(3)11-10-25(43-28-27(39)26(38)22(37)18-42-28)32(4,19-36)23(31)9-12-34(24,33)6/h7,21-28,36-39H,8-19H2,1-6H3,(H,40,41)/t21-,22+,23-,24-,25+,26+,27-,28+,31+,32-,33-,34-,35+/m1/s1. The molecule has 6 aliphatic rings. The summed E-state index contributed by atoms with van der Waals surface area (Å²) in [5.74, 6) is 0.0529. The largest absolute Gasteiger partial charge is 0.481 e. The molecule has 8 nitrogen and oxygen atoms in total. The van der Waals surface area contributed by atoms with Gasteiger partial charge in [0.1, 0.15) is 18.3 Å². The van der Waals surface area contributed by atoms with Gasteiger partial charge >= 0.3 is 5.97 Å². The molecule has 8 heteroatoms. The molecule has 0 spiro atoms. The number of allylic oxidation sites excluding steroid dienone is 2. The summed E-state index contributed by atoms with van der Waals surface area (Å²) < 4.78 is 12.0. The van der Waals surface area contributed by atoms with Crippen LogP contribution in [0, 0.1) is 50.2 Å². The summed E-state index contributed by atoms with van der Waals surface area (Å²) in [6, 6.07) is 0. The van der Waals surface area contributed by atoms with E-state index in [9.17, 15) is 30.3 Å². The van der Waals surface area contributed by atoms with Gasteiger partial charge in [-0.1, -0.05) is 53.2 Å². The Labute approximate surface area is 257 Å². The highest BCUT2D eigenvalue weighted by Gasteiger charge is 2.70. The molecule has 43 heavy (non-hydrogen) atoms. The highest BCUT2D eigenvalue weighted by molar-refractivity contribution is 5.76. The minimum Gasteiger partial charge on any atom is -0.481 e. The van der Waals surface area contributed by atoms with E-state index >= 15 is 0 Å². The summed E-state index contributed by atoms with van der Waals surface area (Å²) in [4.78, 5) is 12.9. The zero-order valence-electron chi connectivity index (χ0n) is 27.1. The zero-order chi connectivity index (χ0) is 31.4. The van der Waals surface area contributed by atoms with Gasteiger partial charge in [-0.3, -0.25) is 4.79 Å². The smallest absolute Gasteiger partial charge is 0.310 e. The lowest BCUT2D eigenvalue weighted by atomic mass is 9.33. The minimum absolute atomic E-state index is 0.0154. The van der Waals surface area contributed by atoms with Crippen LogP contribution in [-0.4, -0.2) is 75.4 Å². The molecule has 244 valence electrons. The van der Waals surface area contributed by atoms with Crippen LogP contribution in [-0.2, 0) is 14.3 Å². The van der Waals surface area contributed by atoms with E-state index in [0.29, 0.717) is 12.3 Å². The lowest BCUT2D eigenvalue weighted by Crippen LogP contribution is -2.66. The summed E-state index contributed by atoms with van der Waals surface area (Å²) in [6.07, 6.45) is 6.03. The summed E-state index contributed by atoms with van der Waals surface area (Å²) in [5, 5.41) is 52.3. The molecular formula is C35H56O8. The van der Waals surface area contributed by atoms with Crippen LogP contribution >= 0.6 is 0 Å². The number of rotatable bonds is 4. The lowest BCUT2D eigenvalue weighted by Gasteiger charge is -2.71. The van der Waals surface area contributed by atoms with Crippen molar-refractivity contribution in [3.63, 3.8) is 0 Å². The Bertz CT molecular complexity index is 1150. The van der Waals surface area contributed by atoms with Crippen LogP contribution in [0.1, 0.15) is 106 Å².